The van der Waals surface area contributed by atoms with Crippen molar-refractivity contribution in [3.8, 4) is 17.2 Å². The van der Waals surface area contributed by atoms with Crippen LogP contribution in [0, 0.1) is 5.82 Å². The van der Waals surface area contributed by atoms with Gasteiger partial charge in [-0.25, -0.2) is 4.39 Å². The van der Waals surface area contributed by atoms with Gasteiger partial charge in [-0.05, 0) is 36.2 Å². The van der Waals surface area contributed by atoms with Gasteiger partial charge in [0.15, 0.2) is 29.2 Å². The van der Waals surface area contributed by atoms with Crippen LogP contribution in [-0.4, -0.2) is 18.8 Å². The van der Waals surface area contributed by atoms with E-state index in [0.29, 0.717) is 24.5 Å². The fraction of sp³-hybridized carbons (Fsp3) is 0.278. The Labute approximate surface area is 139 Å². The van der Waals surface area contributed by atoms with Crippen molar-refractivity contribution in [2.45, 2.75) is 26.0 Å². The number of hydrogen-bond acceptors (Lipinski definition) is 4. The van der Waals surface area contributed by atoms with Crippen molar-refractivity contribution in [3.63, 3.8) is 0 Å². The SMILES string of the molecule is CCC(Oc1ccccc1F)C(=O)NCc1ccc2c(c1)OCO2. The molecule has 126 valence electrons. The predicted molar refractivity (Wildman–Crippen MR) is 85.5 cm³/mol. The molecular weight excluding hydrogens is 313 g/mol. The maximum absolute atomic E-state index is 13.6. The third kappa shape index (κ3) is 3.59. The highest BCUT2D eigenvalue weighted by Gasteiger charge is 2.20. The molecule has 1 aliphatic heterocycles. The molecule has 0 radical (unpaired) electrons. The molecule has 0 saturated carbocycles. The Morgan fingerprint density at radius 1 is 1.25 bits per heavy atom. The first-order valence-electron chi connectivity index (χ1n) is 7.75. The number of benzene rings is 2. The minimum atomic E-state index is -0.754. The van der Waals surface area contributed by atoms with Gasteiger partial charge in [-0.3, -0.25) is 4.79 Å². The molecule has 1 amide bonds. The number of halogens is 1. The van der Waals surface area contributed by atoms with Crippen LogP contribution in [0.1, 0.15) is 18.9 Å². The molecule has 5 nitrogen and oxygen atoms in total. The molecule has 0 spiro atoms. The number of rotatable bonds is 6. The van der Waals surface area contributed by atoms with E-state index in [1.807, 2.05) is 19.1 Å². The van der Waals surface area contributed by atoms with E-state index in [0.717, 1.165) is 5.56 Å². The second-order valence-electron chi connectivity index (χ2n) is 5.35. The highest BCUT2D eigenvalue weighted by Crippen LogP contribution is 2.32. The quantitative estimate of drug-likeness (QED) is 0.884. The fourth-order valence-electron chi connectivity index (χ4n) is 2.37. The minimum absolute atomic E-state index is 0.0718. The van der Waals surface area contributed by atoms with Crippen LogP contribution in [0.15, 0.2) is 42.5 Å². The summed E-state index contributed by atoms with van der Waals surface area (Å²) in [6.45, 7) is 2.35. The lowest BCUT2D eigenvalue weighted by atomic mass is 10.2. The van der Waals surface area contributed by atoms with Crippen molar-refractivity contribution in [1.82, 2.24) is 5.32 Å². The van der Waals surface area contributed by atoms with Gasteiger partial charge in [0.25, 0.3) is 5.91 Å². The van der Waals surface area contributed by atoms with Gasteiger partial charge in [0.2, 0.25) is 6.79 Å². The Hall–Kier alpha value is -2.76. The standard InChI is InChI=1S/C18H18FNO4/c1-2-14(24-15-6-4-3-5-13(15)19)18(21)20-10-12-7-8-16-17(9-12)23-11-22-16/h3-9,14H,2,10-11H2,1H3,(H,20,21). The van der Waals surface area contributed by atoms with Crippen LogP contribution in [0.2, 0.25) is 0 Å². The van der Waals surface area contributed by atoms with Crippen molar-refractivity contribution >= 4 is 5.91 Å². The summed E-state index contributed by atoms with van der Waals surface area (Å²) in [4.78, 5) is 12.3. The Balaban J connectivity index is 1.59. The summed E-state index contributed by atoms with van der Waals surface area (Å²) >= 11 is 0. The summed E-state index contributed by atoms with van der Waals surface area (Å²) in [7, 11) is 0. The van der Waals surface area contributed by atoms with Crippen LogP contribution in [0.3, 0.4) is 0 Å². The zero-order chi connectivity index (χ0) is 16.9. The van der Waals surface area contributed by atoms with Crippen LogP contribution < -0.4 is 19.5 Å². The van der Waals surface area contributed by atoms with E-state index in [4.69, 9.17) is 14.2 Å². The smallest absolute Gasteiger partial charge is 0.261 e. The van der Waals surface area contributed by atoms with Crippen molar-refractivity contribution in [2.24, 2.45) is 0 Å². The van der Waals surface area contributed by atoms with Crippen LogP contribution >= 0.6 is 0 Å². The zero-order valence-corrected chi connectivity index (χ0v) is 13.3. The van der Waals surface area contributed by atoms with E-state index in [9.17, 15) is 9.18 Å². The number of ether oxygens (including phenoxy) is 3. The Morgan fingerprint density at radius 2 is 2.04 bits per heavy atom. The van der Waals surface area contributed by atoms with Gasteiger partial charge in [-0.2, -0.15) is 0 Å². The van der Waals surface area contributed by atoms with Crippen LogP contribution in [0.5, 0.6) is 17.2 Å². The topological polar surface area (TPSA) is 56.8 Å². The van der Waals surface area contributed by atoms with Crippen molar-refractivity contribution in [2.75, 3.05) is 6.79 Å². The lowest BCUT2D eigenvalue weighted by molar-refractivity contribution is -0.128. The second kappa shape index (κ2) is 7.21. The lowest BCUT2D eigenvalue weighted by Crippen LogP contribution is -2.37. The first-order valence-corrected chi connectivity index (χ1v) is 7.75. The summed E-state index contributed by atoms with van der Waals surface area (Å²) in [5, 5.41) is 2.80. The summed E-state index contributed by atoms with van der Waals surface area (Å²) in [6.07, 6.45) is -0.322. The minimum Gasteiger partial charge on any atom is -0.478 e. The number of para-hydroxylation sites is 1. The maximum atomic E-state index is 13.6. The monoisotopic (exact) mass is 331 g/mol. The van der Waals surface area contributed by atoms with Gasteiger partial charge < -0.3 is 19.5 Å². The Bertz CT molecular complexity index is 735. The molecule has 3 rings (SSSR count). The summed E-state index contributed by atoms with van der Waals surface area (Å²) in [5.41, 5.74) is 0.883. The first kappa shape index (κ1) is 16.1. The normalized spacial score (nSPS) is 13.4. The first-order chi connectivity index (χ1) is 11.7. The van der Waals surface area contributed by atoms with Gasteiger partial charge in [0.1, 0.15) is 0 Å². The fourth-order valence-corrected chi connectivity index (χ4v) is 2.37. The molecule has 6 heteroatoms. The van der Waals surface area contributed by atoms with Gasteiger partial charge in [0, 0.05) is 6.54 Å². The molecule has 1 atom stereocenters. The molecule has 0 aromatic heterocycles. The molecule has 24 heavy (non-hydrogen) atoms. The van der Waals surface area contributed by atoms with Crippen molar-refractivity contribution < 1.29 is 23.4 Å². The van der Waals surface area contributed by atoms with E-state index in [2.05, 4.69) is 5.32 Å². The molecule has 1 N–H and O–H groups in total. The van der Waals surface area contributed by atoms with Crippen molar-refractivity contribution in [3.05, 3.63) is 53.8 Å². The third-order valence-corrected chi connectivity index (χ3v) is 3.67. The highest BCUT2D eigenvalue weighted by atomic mass is 19.1. The molecule has 1 aliphatic rings. The molecule has 1 heterocycles. The van der Waals surface area contributed by atoms with Crippen LogP contribution in [-0.2, 0) is 11.3 Å². The molecule has 0 saturated heterocycles. The molecule has 0 bridgehead atoms. The molecule has 0 aliphatic carbocycles. The molecular formula is C18H18FNO4. The van der Waals surface area contributed by atoms with Gasteiger partial charge >= 0.3 is 0 Å². The van der Waals surface area contributed by atoms with Crippen molar-refractivity contribution in [1.29, 1.82) is 0 Å². The van der Waals surface area contributed by atoms with E-state index >= 15 is 0 Å². The average Bonchev–Trinajstić information content (AvgIpc) is 3.06. The number of amides is 1. The summed E-state index contributed by atoms with van der Waals surface area (Å²) in [6, 6.07) is 11.5. The van der Waals surface area contributed by atoms with E-state index in [1.54, 1.807) is 18.2 Å². The summed E-state index contributed by atoms with van der Waals surface area (Å²) in [5.74, 6) is 0.649. The van der Waals surface area contributed by atoms with Gasteiger partial charge in [0.05, 0.1) is 0 Å². The van der Waals surface area contributed by atoms with E-state index in [-0.39, 0.29) is 18.4 Å². The number of nitrogens with one attached hydrogen (secondary N) is 1. The maximum Gasteiger partial charge on any atom is 0.261 e. The number of carbonyl (C=O) groups excluding carboxylic acids is 1. The summed E-state index contributed by atoms with van der Waals surface area (Å²) < 4.78 is 29.7. The highest BCUT2D eigenvalue weighted by molar-refractivity contribution is 5.81. The number of carbonyl (C=O) groups is 1. The largest absolute Gasteiger partial charge is 0.478 e. The average molecular weight is 331 g/mol. The Kier molecular flexibility index (Phi) is 4.84. The third-order valence-electron chi connectivity index (χ3n) is 3.67. The molecule has 2 aromatic carbocycles. The number of fused-ring (bicyclic) bond motifs is 1. The predicted octanol–water partition coefficient (Wildman–Crippen LogP) is 3.03. The van der Waals surface area contributed by atoms with Gasteiger partial charge in [-0.1, -0.05) is 25.1 Å². The van der Waals surface area contributed by atoms with Gasteiger partial charge in [-0.15, -0.1) is 0 Å². The molecule has 0 fully saturated rings. The van der Waals surface area contributed by atoms with Crippen LogP contribution in [0.4, 0.5) is 4.39 Å². The zero-order valence-electron chi connectivity index (χ0n) is 13.3. The van der Waals surface area contributed by atoms with E-state index < -0.39 is 11.9 Å². The second-order valence-corrected chi connectivity index (χ2v) is 5.35. The lowest BCUT2D eigenvalue weighted by Gasteiger charge is -2.17. The van der Waals surface area contributed by atoms with E-state index in [1.165, 1.54) is 12.1 Å². The molecule has 2 aromatic rings. The Morgan fingerprint density at radius 3 is 2.83 bits per heavy atom. The van der Waals surface area contributed by atoms with Crippen LogP contribution in [0.25, 0.3) is 0 Å². The molecule has 1 unspecified atom stereocenters. The number of hydrogen-bond donors (Lipinski definition) is 1.